The van der Waals surface area contributed by atoms with Gasteiger partial charge in [-0.05, 0) is 36.8 Å². The Hall–Kier alpha value is -1.91. The third-order valence-electron chi connectivity index (χ3n) is 3.61. The maximum Gasteiger partial charge on any atom is 0.354 e. The van der Waals surface area contributed by atoms with E-state index in [1.54, 1.807) is 0 Å². The fourth-order valence-corrected chi connectivity index (χ4v) is 2.25. The van der Waals surface area contributed by atoms with Crippen LogP contribution in [0.1, 0.15) is 53.5 Å². The summed E-state index contributed by atoms with van der Waals surface area (Å²) in [6.07, 6.45) is 5.93. The Morgan fingerprint density at radius 3 is 2.63 bits per heavy atom. The molecule has 1 aliphatic rings. The average Bonchev–Trinajstić information content (AvgIpc) is 3.17. The average molecular weight is 262 g/mol. The van der Waals surface area contributed by atoms with Gasteiger partial charge in [0, 0.05) is 12.7 Å². The van der Waals surface area contributed by atoms with Gasteiger partial charge in [0.05, 0.1) is 5.56 Å². The number of carboxylic acids is 1. The minimum absolute atomic E-state index is 0.0544. The van der Waals surface area contributed by atoms with E-state index in [0.29, 0.717) is 17.5 Å². The number of hydrogen-bond donors (Lipinski definition) is 2. The van der Waals surface area contributed by atoms with Crippen molar-refractivity contribution >= 4 is 11.9 Å². The summed E-state index contributed by atoms with van der Waals surface area (Å²) in [5, 5.41) is 11.6. The molecular formula is C14H18N2O3. The highest BCUT2D eigenvalue weighted by atomic mass is 16.4. The van der Waals surface area contributed by atoms with Gasteiger partial charge in [-0.1, -0.05) is 13.3 Å². The second kappa shape index (κ2) is 5.38. The highest BCUT2D eigenvalue weighted by Crippen LogP contribution is 2.48. The molecule has 1 fully saturated rings. The van der Waals surface area contributed by atoms with Crippen molar-refractivity contribution in [1.29, 1.82) is 0 Å². The minimum Gasteiger partial charge on any atom is -0.477 e. The van der Waals surface area contributed by atoms with E-state index in [-0.39, 0.29) is 11.6 Å². The first kappa shape index (κ1) is 13.5. The number of pyridine rings is 1. The lowest BCUT2D eigenvalue weighted by Gasteiger charge is -2.14. The van der Waals surface area contributed by atoms with Gasteiger partial charge in [0.25, 0.3) is 5.91 Å². The van der Waals surface area contributed by atoms with Crippen LogP contribution in [-0.4, -0.2) is 28.5 Å². The molecule has 1 heterocycles. The molecule has 1 saturated carbocycles. The number of amides is 1. The molecule has 5 nitrogen and oxygen atoms in total. The van der Waals surface area contributed by atoms with Crippen LogP contribution in [0.25, 0.3) is 0 Å². The molecule has 0 aliphatic heterocycles. The zero-order chi connectivity index (χ0) is 13.9. The minimum atomic E-state index is -1.09. The van der Waals surface area contributed by atoms with E-state index in [1.807, 2.05) is 0 Å². The second-order valence-electron chi connectivity index (χ2n) is 5.17. The summed E-state index contributed by atoms with van der Waals surface area (Å²) in [5.74, 6) is -1.28. The van der Waals surface area contributed by atoms with Crippen LogP contribution in [0.3, 0.4) is 0 Å². The maximum absolute atomic E-state index is 11.9. The molecule has 2 rings (SSSR count). The highest BCUT2D eigenvalue weighted by molar-refractivity contribution is 5.94. The molecule has 1 aromatic heterocycles. The van der Waals surface area contributed by atoms with Crippen molar-refractivity contribution in [3.8, 4) is 0 Å². The van der Waals surface area contributed by atoms with Crippen molar-refractivity contribution in [1.82, 2.24) is 10.3 Å². The Morgan fingerprint density at radius 1 is 1.42 bits per heavy atom. The number of rotatable bonds is 6. The van der Waals surface area contributed by atoms with E-state index in [1.165, 1.54) is 31.2 Å². The molecule has 5 heteroatoms. The van der Waals surface area contributed by atoms with Crippen LogP contribution < -0.4 is 5.32 Å². The van der Waals surface area contributed by atoms with Crippen LogP contribution in [0.5, 0.6) is 0 Å². The number of aromatic carboxylic acids is 1. The largest absolute Gasteiger partial charge is 0.477 e. The topological polar surface area (TPSA) is 79.3 Å². The second-order valence-corrected chi connectivity index (χ2v) is 5.17. The molecule has 102 valence electrons. The Kier molecular flexibility index (Phi) is 3.83. The number of nitrogens with one attached hydrogen (secondary N) is 1. The summed E-state index contributed by atoms with van der Waals surface area (Å²) in [6.45, 7) is 2.84. The van der Waals surface area contributed by atoms with Gasteiger partial charge >= 0.3 is 5.97 Å². The summed E-state index contributed by atoms with van der Waals surface area (Å²) >= 11 is 0. The lowest BCUT2D eigenvalue weighted by molar-refractivity contribution is 0.0689. The van der Waals surface area contributed by atoms with Crippen molar-refractivity contribution < 1.29 is 14.7 Å². The number of carbonyl (C=O) groups excluding carboxylic acids is 1. The van der Waals surface area contributed by atoms with E-state index >= 15 is 0 Å². The molecule has 0 saturated heterocycles. The fraction of sp³-hybridized carbons (Fsp3) is 0.500. The Morgan fingerprint density at radius 2 is 2.16 bits per heavy atom. The molecular weight excluding hydrogens is 244 g/mol. The molecule has 1 aromatic rings. The Bertz CT molecular complexity index is 478. The van der Waals surface area contributed by atoms with Crippen LogP contribution >= 0.6 is 0 Å². The van der Waals surface area contributed by atoms with Gasteiger partial charge in [0.2, 0.25) is 0 Å². The highest BCUT2D eigenvalue weighted by Gasteiger charge is 2.41. The maximum atomic E-state index is 11.9. The molecule has 0 unspecified atom stereocenters. The van der Waals surface area contributed by atoms with Gasteiger partial charge in [0.15, 0.2) is 0 Å². The molecule has 19 heavy (non-hydrogen) atoms. The van der Waals surface area contributed by atoms with Crippen LogP contribution in [0.4, 0.5) is 0 Å². The van der Waals surface area contributed by atoms with E-state index < -0.39 is 5.97 Å². The lowest BCUT2D eigenvalue weighted by atomic mass is 10.0. The summed E-state index contributed by atoms with van der Waals surface area (Å²) < 4.78 is 0. The van der Waals surface area contributed by atoms with Gasteiger partial charge in [-0.15, -0.1) is 0 Å². The normalized spacial score (nSPS) is 15.8. The van der Waals surface area contributed by atoms with E-state index in [9.17, 15) is 9.59 Å². The first-order valence-electron chi connectivity index (χ1n) is 6.54. The van der Waals surface area contributed by atoms with Crippen molar-refractivity contribution in [2.24, 2.45) is 5.41 Å². The van der Waals surface area contributed by atoms with Crippen LogP contribution in [0.15, 0.2) is 18.3 Å². The lowest BCUT2D eigenvalue weighted by Crippen LogP contribution is -2.30. The molecule has 0 aromatic carbocycles. The molecule has 0 radical (unpaired) electrons. The fourth-order valence-electron chi connectivity index (χ4n) is 2.25. The van der Waals surface area contributed by atoms with Crippen LogP contribution in [0.2, 0.25) is 0 Å². The number of nitrogens with zero attached hydrogens (tertiary/aromatic N) is 1. The monoisotopic (exact) mass is 262 g/mol. The van der Waals surface area contributed by atoms with Gasteiger partial charge in [-0.3, -0.25) is 4.79 Å². The van der Waals surface area contributed by atoms with Crippen molar-refractivity contribution in [3.05, 3.63) is 29.6 Å². The standard InChI is InChI=1S/C14H18N2O3/c1-2-5-14(6-7-14)9-16-12(17)10-3-4-11(13(18)19)15-8-10/h3-4,8H,2,5-7,9H2,1H3,(H,16,17)(H,18,19). The van der Waals surface area contributed by atoms with E-state index in [2.05, 4.69) is 17.2 Å². The van der Waals surface area contributed by atoms with Gasteiger partial charge < -0.3 is 10.4 Å². The van der Waals surface area contributed by atoms with Gasteiger partial charge in [0.1, 0.15) is 5.69 Å². The summed E-state index contributed by atoms with van der Waals surface area (Å²) in [4.78, 5) is 26.3. The van der Waals surface area contributed by atoms with Crippen molar-refractivity contribution in [2.45, 2.75) is 32.6 Å². The summed E-state index contributed by atoms with van der Waals surface area (Å²) in [6, 6.07) is 2.83. The Labute approximate surface area is 112 Å². The SMILES string of the molecule is CCCC1(CNC(=O)c2ccc(C(=O)O)nc2)CC1. The summed E-state index contributed by atoms with van der Waals surface area (Å²) in [5.41, 5.74) is 0.650. The molecule has 1 aliphatic carbocycles. The van der Waals surface area contributed by atoms with Crippen molar-refractivity contribution in [2.75, 3.05) is 6.54 Å². The number of hydrogen-bond acceptors (Lipinski definition) is 3. The molecule has 0 bridgehead atoms. The van der Waals surface area contributed by atoms with Gasteiger partial charge in [-0.25, -0.2) is 9.78 Å². The quantitative estimate of drug-likeness (QED) is 0.822. The molecule has 0 spiro atoms. The predicted molar refractivity (Wildman–Crippen MR) is 70.1 cm³/mol. The zero-order valence-electron chi connectivity index (χ0n) is 11.0. The number of aromatic nitrogens is 1. The third kappa shape index (κ3) is 3.30. The number of carbonyl (C=O) groups is 2. The van der Waals surface area contributed by atoms with Crippen LogP contribution in [-0.2, 0) is 0 Å². The van der Waals surface area contributed by atoms with Crippen LogP contribution in [0, 0.1) is 5.41 Å². The number of carboxylic acid groups (broad SMARTS) is 1. The van der Waals surface area contributed by atoms with E-state index in [4.69, 9.17) is 5.11 Å². The Balaban J connectivity index is 1.91. The first-order chi connectivity index (χ1) is 9.06. The smallest absolute Gasteiger partial charge is 0.354 e. The molecule has 2 N–H and O–H groups in total. The summed E-state index contributed by atoms with van der Waals surface area (Å²) in [7, 11) is 0. The molecule has 1 amide bonds. The predicted octanol–water partition coefficient (Wildman–Crippen LogP) is 2.09. The first-order valence-corrected chi connectivity index (χ1v) is 6.54. The molecule has 0 atom stereocenters. The van der Waals surface area contributed by atoms with Crippen molar-refractivity contribution in [3.63, 3.8) is 0 Å². The third-order valence-corrected chi connectivity index (χ3v) is 3.61. The van der Waals surface area contributed by atoms with Gasteiger partial charge in [-0.2, -0.15) is 0 Å². The van der Waals surface area contributed by atoms with E-state index in [0.717, 1.165) is 12.8 Å². The zero-order valence-corrected chi connectivity index (χ0v) is 11.0.